The van der Waals surface area contributed by atoms with E-state index in [4.69, 9.17) is 4.84 Å². The molecular weight excluding hydrogens is 484 g/mol. The number of imide groups is 1. The van der Waals surface area contributed by atoms with Gasteiger partial charge in [-0.1, -0.05) is 54.6 Å². The maximum Gasteiger partial charge on any atom is 0.271 e. The summed E-state index contributed by atoms with van der Waals surface area (Å²) in [6.07, 6.45) is -1.07. The Bertz CT molecular complexity index is 1580. The van der Waals surface area contributed by atoms with Crippen molar-refractivity contribution in [3.05, 3.63) is 107 Å². The Balaban J connectivity index is 1.46. The van der Waals surface area contributed by atoms with Gasteiger partial charge in [-0.25, -0.2) is 9.96 Å². The van der Waals surface area contributed by atoms with Crippen LogP contribution < -0.4 is 14.9 Å². The second kappa shape index (κ2) is 8.97. The Morgan fingerprint density at radius 3 is 2.32 bits per heavy atom. The van der Waals surface area contributed by atoms with E-state index in [0.29, 0.717) is 11.4 Å². The van der Waals surface area contributed by atoms with E-state index in [9.17, 15) is 19.7 Å². The van der Waals surface area contributed by atoms with Gasteiger partial charge in [0, 0.05) is 37.3 Å². The summed E-state index contributed by atoms with van der Waals surface area (Å²) >= 11 is 0. The first-order valence-corrected chi connectivity index (χ1v) is 12.2. The maximum atomic E-state index is 14.0. The third-order valence-electron chi connectivity index (χ3n) is 7.17. The van der Waals surface area contributed by atoms with Crippen molar-refractivity contribution in [2.75, 3.05) is 29.0 Å². The van der Waals surface area contributed by atoms with Crippen LogP contribution in [-0.4, -0.2) is 36.9 Å². The van der Waals surface area contributed by atoms with Crippen molar-refractivity contribution >= 4 is 45.3 Å². The maximum absolute atomic E-state index is 14.0. The third kappa shape index (κ3) is 3.67. The molecule has 2 fully saturated rings. The third-order valence-corrected chi connectivity index (χ3v) is 7.17. The van der Waals surface area contributed by atoms with Gasteiger partial charge in [-0.05, 0) is 35.2 Å². The molecule has 190 valence electrons. The average molecular weight is 509 g/mol. The van der Waals surface area contributed by atoms with Crippen LogP contribution in [-0.2, 0) is 14.4 Å². The highest BCUT2D eigenvalue weighted by atomic mass is 16.7. The number of non-ortho nitro benzene ring substituents is 1. The Morgan fingerprint density at radius 1 is 0.868 bits per heavy atom. The zero-order valence-electron chi connectivity index (χ0n) is 20.7. The standard InChI is InChI=1S/C29H24N4O5/c1-30(2)20-15-13-19(14-16-20)26-25-27(38-32(26)21-9-6-10-22(17-21)33(36)37)29(35)31(28(25)34)24-12-5-8-18-7-3-4-11-23(18)24/h3-17,25-27H,1-2H3/t25-,26+,27+/m1/s1. The normalized spacial score (nSPS) is 20.7. The zero-order valence-corrected chi connectivity index (χ0v) is 20.7. The molecule has 3 atom stereocenters. The smallest absolute Gasteiger partial charge is 0.271 e. The number of fused-ring (bicyclic) bond motifs is 2. The molecule has 0 bridgehead atoms. The van der Waals surface area contributed by atoms with Crippen molar-refractivity contribution in [3.63, 3.8) is 0 Å². The summed E-state index contributed by atoms with van der Waals surface area (Å²) in [5.74, 6) is -1.67. The number of nitro groups is 1. The molecule has 0 radical (unpaired) electrons. The summed E-state index contributed by atoms with van der Waals surface area (Å²) < 4.78 is 0. The molecule has 0 unspecified atom stereocenters. The number of amides is 2. The first-order valence-electron chi connectivity index (χ1n) is 12.2. The highest BCUT2D eigenvalue weighted by Gasteiger charge is 2.60. The van der Waals surface area contributed by atoms with Gasteiger partial charge in [-0.3, -0.25) is 24.5 Å². The molecule has 9 heteroatoms. The monoisotopic (exact) mass is 508 g/mol. The molecule has 0 spiro atoms. The Morgan fingerprint density at radius 2 is 1.58 bits per heavy atom. The van der Waals surface area contributed by atoms with Gasteiger partial charge in [-0.2, -0.15) is 0 Å². The van der Waals surface area contributed by atoms with Gasteiger partial charge in [0.1, 0.15) is 5.92 Å². The van der Waals surface area contributed by atoms with Crippen molar-refractivity contribution in [1.29, 1.82) is 0 Å². The minimum absolute atomic E-state index is 0.111. The van der Waals surface area contributed by atoms with Gasteiger partial charge in [0.15, 0.2) is 6.10 Å². The number of hydroxylamine groups is 1. The molecular formula is C29H24N4O5. The lowest BCUT2D eigenvalue weighted by molar-refractivity contribution is -0.384. The Labute approximate surface area is 218 Å². The summed E-state index contributed by atoms with van der Waals surface area (Å²) in [6, 6.07) is 26.1. The molecule has 38 heavy (non-hydrogen) atoms. The fourth-order valence-electron chi connectivity index (χ4n) is 5.33. The fraction of sp³-hybridized carbons (Fsp3) is 0.172. The summed E-state index contributed by atoms with van der Waals surface area (Å²) in [7, 11) is 3.86. The molecule has 9 nitrogen and oxygen atoms in total. The quantitative estimate of drug-likeness (QED) is 0.216. The van der Waals surface area contributed by atoms with Crippen LogP contribution in [0.15, 0.2) is 91.0 Å². The van der Waals surface area contributed by atoms with Crippen LogP contribution in [0.25, 0.3) is 10.8 Å². The van der Waals surface area contributed by atoms with Crippen LogP contribution in [0, 0.1) is 16.0 Å². The number of nitro benzene ring substituents is 1. The lowest BCUT2D eigenvalue weighted by Crippen LogP contribution is -2.37. The summed E-state index contributed by atoms with van der Waals surface area (Å²) in [5, 5.41) is 14.6. The van der Waals surface area contributed by atoms with E-state index in [1.807, 2.05) is 79.7 Å². The van der Waals surface area contributed by atoms with E-state index in [0.717, 1.165) is 22.0 Å². The van der Waals surface area contributed by atoms with E-state index in [-0.39, 0.29) is 11.6 Å². The zero-order chi connectivity index (χ0) is 26.6. The molecule has 2 aliphatic heterocycles. The number of carbonyl (C=O) groups excluding carboxylic acids is 2. The number of anilines is 3. The van der Waals surface area contributed by atoms with Crippen LogP contribution in [0.4, 0.5) is 22.7 Å². The molecule has 2 aliphatic rings. The van der Waals surface area contributed by atoms with Crippen molar-refractivity contribution in [3.8, 4) is 0 Å². The SMILES string of the molecule is CN(C)c1ccc([C@H]2[C@H]3C(=O)N(c4cccc5ccccc45)C(=O)[C@H]3ON2c2cccc([N+](=O)[O-])c2)cc1. The molecule has 4 aromatic rings. The van der Waals surface area contributed by atoms with E-state index in [1.54, 1.807) is 18.2 Å². The lowest BCUT2D eigenvalue weighted by Gasteiger charge is -2.29. The molecule has 0 aliphatic carbocycles. The van der Waals surface area contributed by atoms with Crippen LogP contribution in [0.5, 0.6) is 0 Å². The van der Waals surface area contributed by atoms with E-state index >= 15 is 0 Å². The number of hydrogen-bond donors (Lipinski definition) is 0. The predicted octanol–water partition coefficient (Wildman–Crippen LogP) is 4.87. The molecule has 0 saturated carbocycles. The van der Waals surface area contributed by atoms with Crippen molar-refractivity contribution in [1.82, 2.24) is 0 Å². The van der Waals surface area contributed by atoms with Gasteiger partial charge in [0.2, 0.25) is 5.91 Å². The van der Waals surface area contributed by atoms with E-state index in [1.165, 1.54) is 22.1 Å². The minimum Gasteiger partial charge on any atom is -0.378 e. The first-order chi connectivity index (χ1) is 18.3. The van der Waals surface area contributed by atoms with Crippen LogP contribution >= 0.6 is 0 Å². The molecule has 0 N–H and O–H groups in total. The predicted molar refractivity (Wildman–Crippen MR) is 144 cm³/mol. The largest absolute Gasteiger partial charge is 0.378 e. The first kappa shape index (κ1) is 23.6. The lowest BCUT2D eigenvalue weighted by atomic mass is 9.90. The topological polar surface area (TPSA) is 96.2 Å². The summed E-state index contributed by atoms with van der Waals surface area (Å²) in [4.78, 5) is 48.1. The number of hydrogen-bond acceptors (Lipinski definition) is 7. The van der Waals surface area contributed by atoms with Gasteiger partial charge < -0.3 is 4.90 Å². The number of nitrogens with zero attached hydrogens (tertiary/aromatic N) is 4. The molecule has 2 amide bonds. The van der Waals surface area contributed by atoms with Crippen LogP contribution in [0.1, 0.15) is 11.6 Å². The molecule has 2 heterocycles. The van der Waals surface area contributed by atoms with Gasteiger partial charge in [-0.15, -0.1) is 0 Å². The van der Waals surface area contributed by atoms with Gasteiger partial charge >= 0.3 is 0 Å². The van der Waals surface area contributed by atoms with Crippen LogP contribution in [0.3, 0.4) is 0 Å². The Hall–Kier alpha value is -4.76. The van der Waals surface area contributed by atoms with Gasteiger partial charge in [0.05, 0.1) is 22.3 Å². The highest BCUT2D eigenvalue weighted by molar-refractivity contribution is 6.26. The summed E-state index contributed by atoms with van der Waals surface area (Å²) in [6.45, 7) is 0. The fourth-order valence-corrected chi connectivity index (χ4v) is 5.33. The number of benzene rings is 4. The number of rotatable bonds is 5. The number of carbonyl (C=O) groups is 2. The Kier molecular flexibility index (Phi) is 5.57. The molecule has 6 rings (SSSR count). The second-order valence-corrected chi connectivity index (χ2v) is 9.60. The average Bonchev–Trinajstić information content (AvgIpc) is 3.44. The minimum atomic E-state index is -1.07. The van der Waals surface area contributed by atoms with Gasteiger partial charge in [0.25, 0.3) is 11.6 Å². The molecule has 4 aromatic carbocycles. The van der Waals surface area contributed by atoms with E-state index in [2.05, 4.69) is 0 Å². The summed E-state index contributed by atoms with van der Waals surface area (Å²) in [5.41, 5.74) is 2.53. The molecule has 0 aromatic heterocycles. The van der Waals surface area contributed by atoms with Crippen molar-refractivity contribution < 1.29 is 19.3 Å². The van der Waals surface area contributed by atoms with Crippen molar-refractivity contribution in [2.24, 2.45) is 5.92 Å². The van der Waals surface area contributed by atoms with E-state index < -0.39 is 28.9 Å². The molecule has 2 saturated heterocycles. The highest BCUT2D eigenvalue weighted by Crippen LogP contribution is 2.48. The van der Waals surface area contributed by atoms with Crippen LogP contribution in [0.2, 0.25) is 0 Å². The second-order valence-electron chi connectivity index (χ2n) is 9.60. The van der Waals surface area contributed by atoms with Crippen molar-refractivity contribution in [2.45, 2.75) is 12.1 Å².